The summed E-state index contributed by atoms with van der Waals surface area (Å²) in [7, 11) is 0. The summed E-state index contributed by atoms with van der Waals surface area (Å²) >= 11 is 0. The molecular formula is C23H21F3N2O4. The molecule has 0 fully saturated rings. The van der Waals surface area contributed by atoms with Gasteiger partial charge >= 0.3 is 6.18 Å². The van der Waals surface area contributed by atoms with E-state index in [2.05, 4.69) is 4.98 Å². The molecule has 0 aliphatic carbocycles. The molecule has 1 aliphatic heterocycles. The Morgan fingerprint density at radius 1 is 1.16 bits per heavy atom. The molecule has 4 rings (SSSR count). The Labute approximate surface area is 181 Å². The number of alkyl halides is 3. The van der Waals surface area contributed by atoms with Crippen LogP contribution in [0.15, 0.2) is 36.4 Å². The van der Waals surface area contributed by atoms with Crippen LogP contribution < -0.4 is 0 Å². The number of aliphatic hydroxyl groups excluding tert-OH is 1. The molecule has 1 aromatic heterocycles. The smallest absolute Gasteiger partial charge is 0.417 e. The molecule has 168 valence electrons. The number of phenolic OH excluding ortho intramolecular Hbond substituents is 1. The molecule has 0 bridgehead atoms. The number of rotatable bonds is 4. The highest BCUT2D eigenvalue weighted by atomic mass is 19.4. The van der Waals surface area contributed by atoms with Crippen molar-refractivity contribution in [2.24, 2.45) is 0 Å². The van der Waals surface area contributed by atoms with Crippen LogP contribution in [0.2, 0.25) is 0 Å². The Balaban J connectivity index is 1.88. The summed E-state index contributed by atoms with van der Waals surface area (Å²) in [5, 5.41) is 28.8. The maximum Gasteiger partial charge on any atom is 0.417 e. The first-order valence-corrected chi connectivity index (χ1v) is 10.1. The van der Waals surface area contributed by atoms with Crippen molar-refractivity contribution >= 4 is 5.78 Å². The van der Waals surface area contributed by atoms with Gasteiger partial charge in [0.15, 0.2) is 12.1 Å². The van der Waals surface area contributed by atoms with Gasteiger partial charge in [-0.2, -0.15) is 13.2 Å². The third-order valence-electron chi connectivity index (χ3n) is 5.71. The number of carbonyl (C=O) groups excluding carboxylic acids is 1. The highest BCUT2D eigenvalue weighted by Crippen LogP contribution is 2.37. The highest BCUT2D eigenvalue weighted by molar-refractivity contribution is 6.09. The number of imidazole rings is 1. The fourth-order valence-corrected chi connectivity index (χ4v) is 4.17. The van der Waals surface area contributed by atoms with Gasteiger partial charge in [0.1, 0.15) is 5.75 Å². The van der Waals surface area contributed by atoms with E-state index < -0.39 is 29.4 Å². The number of aromatic hydroxyl groups is 1. The SMILES string of the molecule is Cc1cccc(C(F)(F)F)c1C(=O)c1nc(-c2ccc(C(O)O)c(O)c2)c2n1CCCC2. The molecule has 2 heterocycles. The van der Waals surface area contributed by atoms with Crippen LogP contribution in [0.25, 0.3) is 11.3 Å². The number of carbonyl (C=O) groups is 1. The minimum absolute atomic E-state index is 0.0831. The number of fused-ring (bicyclic) bond motifs is 1. The number of ketones is 1. The fourth-order valence-electron chi connectivity index (χ4n) is 4.17. The van der Waals surface area contributed by atoms with E-state index in [1.54, 1.807) is 4.57 Å². The summed E-state index contributed by atoms with van der Waals surface area (Å²) in [6.07, 6.45) is -4.41. The molecule has 2 aromatic carbocycles. The zero-order chi connectivity index (χ0) is 23.2. The summed E-state index contributed by atoms with van der Waals surface area (Å²) in [4.78, 5) is 17.8. The van der Waals surface area contributed by atoms with Crippen LogP contribution in [0.1, 0.15) is 57.7 Å². The number of hydrogen-bond acceptors (Lipinski definition) is 5. The van der Waals surface area contributed by atoms with E-state index in [-0.39, 0.29) is 22.7 Å². The lowest BCUT2D eigenvalue weighted by Crippen LogP contribution is -2.21. The molecule has 3 aromatic rings. The van der Waals surface area contributed by atoms with Crippen molar-refractivity contribution in [2.75, 3.05) is 0 Å². The van der Waals surface area contributed by atoms with E-state index in [0.717, 1.165) is 18.9 Å². The molecule has 0 saturated carbocycles. The van der Waals surface area contributed by atoms with Crippen molar-refractivity contribution in [1.82, 2.24) is 9.55 Å². The van der Waals surface area contributed by atoms with E-state index in [1.165, 1.54) is 37.3 Å². The molecule has 3 N–H and O–H groups in total. The largest absolute Gasteiger partial charge is 0.507 e. The summed E-state index contributed by atoms with van der Waals surface area (Å²) in [5.74, 6) is -1.25. The Morgan fingerprint density at radius 2 is 1.91 bits per heavy atom. The average Bonchev–Trinajstić information content (AvgIpc) is 3.12. The zero-order valence-electron chi connectivity index (χ0n) is 17.1. The van der Waals surface area contributed by atoms with Crippen molar-refractivity contribution in [3.63, 3.8) is 0 Å². The first-order chi connectivity index (χ1) is 15.1. The van der Waals surface area contributed by atoms with Crippen LogP contribution in [0.4, 0.5) is 13.2 Å². The van der Waals surface area contributed by atoms with Crippen molar-refractivity contribution in [3.8, 4) is 17.0 Å². The molecule has 9 heteroatoms. The predicted molar refractivity (Wildman–Crippen MR) is 109 cm³/mol. The molecular weight excluding hydrogens is 425 g/mol. The Hall–Kier alpha value is -3.17. The highest BCUT2D eigenvalue weighted by Gasteiger charge is 2.37. The van der Waals surface area contributed by atoms with Gasteiger partial charge in [0.05, 0.1) is 11.3 Å². The van der Waals surface area contributed by atoms with Crippen LogP contribution in [0.3, 0.4) is 0 Å². The predicted octanol–water partition coefficient (Wildman–Crippen LogP) is 4.13. The van der Waals surface area contributed by atoms with Gasteiger partial charge < -0.3 is 19.9 Å². The van der Waals surface area contributed by atoms with Crippen LogP contribution in [0.5, 0.6) is 5.75 Å². The van der Waals surface area contributed by atoms with E-state index >= 15 is 0 Å². The van der Waals surface area contributed by atoms with Gasteiger partial charge in [0, 0.05) is 28.9 Å². The third-order valence-corrected chi connectivity index (χ3v) is 5.71. The zero-order valence-corrected chi connectivity index (χ0v) is 17.1. The first kappa shape index (κ1) is 22.0. The molecule has 0 radical (unpaired) electrons. The molecule has 0 spiro atoms. The molecule has 0 saturated heterocycles. The topological polar surface area (TPSA) is 95.6 Å². The average molecular weight is 446 g/mol. The van der Waals surface area contributed by atoms with Crippen LogP contribution in [0, 0.1) is 6.92 Å². The maximum atomic E-state index is 13.6. The number of aromatic nitrogens is 2. The third kappa shape index (κ3) is 3.78. The van der Waals surface area contributed by atoms with E-state index in [0.29, 0.717) is 29.9 Å². The van der Waals surface area contributed by atoms with Gasteiger partial charge in [0.25, 0.3) is 0 Å². The Morgan fingerprint density at radius 3 is 2.56 bits per heavy atom. The van der Waals surface area contributed by atoms with Crippen LogP contribution >= 0.6 is 0 Å². The molecule has 0 amide bonds. The summed E-state index contributed by atoms with van der Waals surface area (Å²) in [6.45, 7) is 1.90. The number of halogens is 3. The number of aryl methyl sites for hydroxylation is 1. The standard InChI is InChI=1S/C23H21F3N2O4/c1-12-5-4-6-15(23(24,25)26)18(12)20(30)21-27-19(16-7-2-3-10-28(16)21)13-8-9-14(22(31)32)17(29)11-13/h4-6,8-9,11,22,29,31-32H,2-3,7,10H2,1H3. The summed E-state index contributed by atoms with van der Waals surface area (Å²) in [6, 6.07) is 7.76. The molecule has 1 aliphatic rings. The number of phenols is 1. The fraction of sp³-hybridized carbons (Fsp3) is 0.304. The van der Waals surface area contributed by atoms with E-state index in [4.69, 9.17) is 0 Å². The monoisotopic (exact) mass is 446 g/mol. The molecule has 0 atom stereocenters. The Bertz CT molecular complexity index is 1200. The second kappa shape index (κ2) is 8.07. The summed E-state index contributed by atoms with van der Waals surface area (Å²) < 4.78 is 42.5. The number of benzene rings is 2. The number of nitrogens with zero attached hydrogens (tertiary/aromatic N) is 2. The van der Waals surface area contributed by atoms with Gasteiger partial charge in [-0.05, 0) is 49.9 Å². The lowest BCUT2D eigenvalue weighted by atomic mass is 9.97. The second-order valence-electron chi connectivity index (χ2n) is 7.81. The van der Waals surface area contributed by atoms with Gasteiger partial charge in [-0.3, -0.25) is 4.79 Å². The van der Waals surface area contributed by atoms with Gasteiger partial charge in [-0.1, -0.05) is 18.2 Å². The van der Waals surface area contributed by atoms with Gasteiger partial charge in [-0.15, -0.1) is 0 Å². The normalized spacial score (nSPS) is 14.0. The second-order valence-corrected chi connectivity index (χ2v) is 7.81. The van der Waals surface area contributed by atoms with Crippen LogP contribution in [-0.4, -0.2) is 30.7 Å². The summed E-state index contributed by atoms with van der Waals surface area (Å²) in [5.41, 5.74) is 0.189. The molecule has 32 heavy (non-hydrogen) atoms. The Kier molecular flexibility index (Phi) is 5.56. The lowest BCUT2D eigenvalue weighted by molar-refractivity contribution is -0.137. The molecule has 6 nitrogen and oxygen atoms in total. The van der Waals surface area contributed by atoms with Gasteiger partial charge in [-0.25, -0.2) is 4.98 Å². The minimum atomic E-state index is -4.69. The number of hydrogen-bond donors (Lipinski definition) is 3. The van der Waals surface area contributed by atoms with Crippen molar-refractivity contribution in [3.05, 3.63) is 70.2 Å². The van der Waals surface area contributed by atoms with Crippen molar-refractivity contribution in [1.29, 1.82) is 0 Å². The van der Waals surface area contributed by atoms with Gasteiger partial charge in [0.2, 0.25) is 5.78 Å². The van der Waals surface area contributed by atoms with Crippen LogP contribution in [-0.2, 0) is 19.1 Å². The lowest BCUT2D eigenvalue weighted by Gasteiger charge is -2.18. The first-order valence-electron chi connectivity index (χ1n) is 10.1. The quantitative estimate of drug-likeness (QED) is 0.414. The maximum absolute atomic E-state index is 13.6. The number of aliphatic hydroxyl groups is 2. The minimum Gasteiger partial charge on any atom is -0.507 e. The van der Waals surface area contributed by atoms with E-state index in [1.807, 2.05) is 0 Å². The van der Waals surface area contributed by atoms with E-state index in [9.17, 15) is 33.3 Å². The van der Waals surface area contributed by atoms with Crippen molar-refractivity contribution < 1.29 is 33.3 Å². The van der Waals surface area contributed by atoms with Crippen molar-refractivity contribution in [2.45, 2.75) is 45.2 Å². The molecule has 0 unspecified atom stereocenters.